The second-order valence-corrected chi connectivity index (χ2v) is 9.52. The molecule has 0 heteroatoms. The van der Waals surface area contributed by atoms with Gasteiger partial charge in [0.25, 0.3) is 0 Å². The van der Waals surface area contributed by atoms with E-state index >= 15 is 0 Å². The number of rotatable bonds is 22. The maximum atomic E-state index is 4.36. The molecule has 0 N–H and O–H groups in total. The third kappa shape index (κ3) is 17.8. The molecular formula is C28H56. The molecule has 0 radical (unpaired) electrons. The van der Waals surface area contributed by atoms with Crippen LogP contribution in [0.1, 0.15) is 156 Å². The molecule has 0 rings (SSSR count). The molecule has 0 aromatic heterocycles. The van der Waals surface area contributed by atoms with E-state index in [1.165, 1.54) is 134 Å². The normalized spacial score (nSPS) is 13.6. The van der Waals surface area contributed by atoms with Crippen molar-refractivity contribution >= 4 is 0 Å². The molecule has 0 aromatic carbocycles. The summed E-state index contributed by atoms with van der Waals surface area (Å²) in [6, 6.07) is 0. The van der Waals surface area contributed by atoms with Gasteiger partial charge in [-0.2, -0.15) is 0 Å². The fourth-order valence-corrected chi connectivity index (χ4v) is 4.62. The molecule has 0 aliphatic rings. The quantitative estimate of drug-likeness (QED) is 0.127. The summed E-state index contributed by atoms with van der Waals surface area (Å²) in [5, 5.41) is 0. The molecule has 2 atom stereocenters. The van der Waals surface area contributed by atoms with Gasteiger partial charge in [-0.15, -0.1) is 0 Å². The van der Waals surface area contributed by atoms with E-state index in [2.05, 4.69) is 34.3 Å². The zero-order chi connectivity index (χ0) is 20.9. The monoisotopic (exact) mass is 392 g/mol. The number of unbranched alkanes of at least 4 members (excludes halogenated alkanes) is 8. The first-order valence-corrected chi connectivity index (χ1v) is 13.3. The highest BCUT2D eigenvalue weighted by atomic mass is 14.1. The average Bonchev–Trinajstić information content (AvgIpc) is 2.70. The molecule has 0 aliphatic carbocycles. The maximum absolute atomic E-state index is 4.36. The van der Waals surface area contributed by atoms with Gasteiger partial charge in [-0.05, 0) is 37.5 Å². The highest BCUT2D eigenvalue weighted by Crippen LogP contribution is 2.24. The van der Waals surface area contributed by atoms with Crippen LogP contribution in [0, 0.1) is 11.8 Å². The van der Waals surface area contributed by atoms with Crippen molar-refractivity contribution in [1.82, 2.24) is 0 Å². The fraction of sp³-hybridized carbons (Fsp3) is 0.929. The summed E-state index contributed by atoms with van der Waals surface area (Å²) in [5.74, 6) is 1.95. The Balaban J connectivity index is 3.63. The third-order valence-electron chi connectivity index (χ3n) is 6.75. The maximum Gasteiger partial charge on any atom is -0.0320 e. The van der Waals surface area contributed by atoms with Crippen LogP contribution in [0.15, 0.2) is 12.2 Å². The first-order valence-electron chi connectivity index (χ1n) is 13.3. The molecule has 168 valence electrons. The molecule has 0 nitrogen and oxygen atoms in total. The van der Waals surface area contributed by atoms with Crippen molar-refractivity contribution in [3.63, 3.8) is 0 Å². The van der Waals surface area contributed by atoms with Gasteiger partial charge < -0.3 is 0 Å². The fourth-order valence-electron chi connectivity index (χ4n) is 4.62. The van der Waals surface area contributed by atoms with Crippen LogP contribution < -0.4 is 0 Å². The molecule has 0 amide bonds. The van der Waals surface area contributed by atoms with Gasteiger partial charge in [0.2, 0.25) is 0 Å². The SMILES string of the molecule is C=C(CCCCCCCC(CCC)CCCCCC)CCC(CC)CCCC. The van der Waals surface area contributed by atoms with E-state index in [9.17, 15) is 0 Å². The molecule has 0 aliphatic heterocycles. The predicted octanol–water partition coefficient (Wildman–Crippen LogP) is 10.7. The molecule has 0 saturated heterocycles. The largest absolute Gasteiger partial charge is 0.0999 e. The summed E-state index contributed by atoms with van der Waals surface area (Å²) in [4.78, 5) is 0. The Morgan fingerprint density at radius 2 is 1.07 bits per heavy atom. The summed E-state index contributed by atoms with van der Waals surface area (Å²) >= 11 is 0. The van der Waals surface area contributed by atoms with Gasteiger partial charge >= 0.3 is 0 Å². The average molecular weight is 393 g/mol. The van der Waals surface area contributed by atoms with Crippen molar-refractivity contribution in [3.05, 3.63) is 12.2 Å². The standard InChI is InChI=1S/C28H56/c1-6-10-12-17-22-28(19-8-3)23-18-15-13-14-16-20-26(5)24-25-27(9-4)21-11-7-2/h27-28H,5-25H2,1-4H3. The Kier molecular flexibility index (Phi) is 21.2. The van der Waals surface area contributed by atoms with Crippen molar-refractivity contribution in [1.29, 1.82) is 0 Å². The first kappa shape index (κ1) is 27.7. The Morgan fingerprint density at radius 1 is 0.500 bits per heavy atom. The molecule has 28 heavy (non-hydrogen) atoms. The summed E-state index contributed by atoms with van der Waals surface area (Å²) in [5.41, 5.74) is 1.52. The van der Waals surface area contributed by atoms with Crippen molar-refractivity contribution in [2.24, 2.45) is 11.8 Å². The van der Waals surface area contributed by atoms with Gasteiger partial charge in [0.05, 0.1) is 0 Å². The van der Waals surface area contributed by atoms with Crippen LogP contribution in [-0.2, 0) is 0 Å². The van der Waals surface area contributed by atoms with Gasteiger partial charge in [0, 0.05) is 0 Å². The Labute approximate surface area is 180 Å². The summed E-state index contributed by atoms with van der Waals surface area (Å²) in [7, 11) is 0. The number of hydrogen-bond donors (Lipinski definition) is 0. The van der Waals surface area contributed by atoms with Crippen LogP contribution in [0.5, 0.6) is 0 Å². The molecule has 0 fully saturated rings. The minimum atomic E-state index is 0.940. The van der Waals surface area contributed by atoms with Gasteiger partial charge in [0.1, 0.15) is 0 Å². The van der Waals surface area contributed by atoms with Crippen LogP contribution in [-0.4, -0.2) is 0 Å². The van der Waals surface area contributed by atoms with E-state index < -0.39 is 0 Å². The number of allylic oxidation sites excluding steroid dienone is 1. The lowest BCUT2D eigenvalue weighted by Crippen LogP contribution is -2.00. The molecule has 0 bridgehead atoms. The van der Waals surface area contributed by atoms with Gasteiger partial charge in [-0.1, -0.05) is 143 Å². The number of hydrogen-bond acceptors (Lipinski definition) is 0. The van der Waals surface area contributed by atoms with E-state index in [0.717, 1.165) is 11.8 Å². The van der Waals surface area contributed by atoms with Crippen molar-refractivity contribution in [2.45, 2.75) is 156 Å². The lowest BCUT2D eigenvalue weighted by atomic mass is 9.90. The van der Waals surface area contributed by atoms with E-state index in [4.69, 9.17) is 0 Å². The Bertz CT molecular complexity index is 316. The van der Waals surface area contributed by atoms with Crippen LogP contribution in [0.3, 0.4) is 0 Å². The summed E-state index contributed by atoms with van der Waals surface area (Å²) in [6.07, 6.45) is 28.2. The van der Waals surface area contributed by atoms with Gasteiger partial charge in [-0.3, -0.25) is 0 Å². The topological polar surface area (TPSA) is 0 Å². The Hall–Kier alpha value is -0.260. The van der Waals surface area contributed by atoms with E-state index in [1.54, 1.807) is 0 Å². The van der Waals surface area contributed by atoms with Crippen molar-refractivity contribution in [3.8, 4) is 0 Å². The van der Waals surface area contributed by atoms with Crippen LogP contribution in [0.2, 0.25) is 0 Å². The van der Waals surface area contributed by atoms with E-state index in [0.29, 0.717) is 0 Å². The first-order chi connectivity index (χ1) is 13.7. The molecule has 2 unspecified atom stereocenters. The minimum absolute atomic E-state index is 0.940. The predicted molar refractivity (Wildman–Crippen MR) is 131 cm³/mol. The molecule has 0 aromatic rings. The van der Waals surface area contributed by atoms with E-state index in [-0.39, 0.29) is 0 Å². The Morgan fingerprint density at radius 3 is 1.68 bits per heavy atom. The zero-order valence-electron chi connectivity index (χ0n) is 20.5. The highest BCUT2D eigenvalue weighted by Gasteiger charge is 2.08. The molecule has 0 saturated carbocycles. The lowest BCUT2D eigenvalue weighted by molar-refractivity contribution is 0.378. The second-order valence-electron chi connectivity index (χ2n) is 9.52. The molecular weight excluding hydrogens is 336 g/mol. The van der Waals surface area contributed by atoms with Crippen LogP contribution in [0.25, 0.3) is 0 Å². The zero-order valence-corrected chi connectivity index (χ0v) is 20.5. The van der Waals surface area contributed by atoms with Crippen LogP contribution >= 0.6 is 0 Å². The minimum Gasteiger partial charge on any atom is -0.0999 e. The van der Waals surface area contributed by atoms with Gasteiger partial charge in [0.15, 0.2) is 0 Å². The van der Waals surface area contributed by atoms with Crippen molar-refractivity contribution < 1.29 is 0 Å². The smallest absolute Gasteiger partial charge is 0.0320 e. The molecule has 0 spiro atoms. The second kappa shape index (κ2) is 21.4. The van der Waals surface area contributed by atoms with Crippen molar-refractivity contribution in [2.75, 3.05) is 0 Å². The van der Waals surface area contributed by atoms with Crippen LogP contribution in [0.4, 0.5) is 0 Å². The highest BCUT2D eigenvalue weighted by molar-refractivity contribution is 4.94. The molecule has 0 heterocycles. The van der Waals surface area contributed by atoms with Gasteiger partial charge in [-0.25, -0.2) is 0 Å². The third-order valence-corrected chi connectivity index (χ3v) is 6.75. The lowest BCUT2D eigenvalue weighted by Gasteiger charge is -2.16. The van der Waals surface area contributed by atoms with E-state index in [1.807, 2.05) is 0 Å². The summed E-state index contributed by atoms with van der Waals surface area (Å²) < 4.78 is 0. The summed E-state index contributed by atoms with van der Waals surface area (Å²) in [6.45, 7) is 13.7.